The molecule has 0 aromatic heterocycles. The highest BCUT2D eigenvalue weighted by Crippen LogP contribution is 2.37. The molecule has 12 nitrogen and oxygen atoms in total. The molecule has 0 bridgehead atoms. The van der Waals surface area contributed by atoms with Crippen molar-refractivity contribution in [2.24, 2.45) is 0 Å². The SMILES string of the molecule is CCOc1cc2c(cc1C(=O)NC)C(=N)N(CC(=O)c1cc(C(=O)N(C)CC(=O)OC(=O)C(F)(F)F)c(OC)c(C(C)(C)C)c1)C2. The van der Waals surface area contributed by atoms with E-state index in [0.29, 0.717) is 29.0 Å². The van der Waals surface area contributed by atoms with Gasteiger partial charge in [0.1, 0.15) is 23.9 Å². The Balaban J connectivity index is 1.94. The number of carbonyl (C=O) groups excluding carboxylic acids is 5. The van der Waals surface area contributed by atoms with Crippen molar-refractivity contribution in [2.45, 2.75) is 45.8 Å². The fourth-order valence-electron chi connectivity index (χ4n) is 4.81. The van der Waals surface area contributed by atoms with E-state index < -0.39 is 47.7 Å². The summed E-state index contributed by atoms with van der Waals surface area (Å²) in [6.45, 7) is 6.39. The lowest BCUT2D eigenvalue weighted by atomic mass is 9.83. The maximum absolute atomic E-state index is 13.7. The lowest BCUT2D eigenvalue weighted by Gasteiger charge is -2.26. The van der Waals surface area contributed by atoms with Crippen LogP contribution in [-0.4, -0.2) is 92.2 Å². The van der Waals surface area contributed by atoms with Crippen molar-refractivity contribution >= 4 is 35.4 Å². The predicted octanol–water partition coefficient (Wildman–Crippen LogP) is 3.48. The molecular formula is C31H35F3N4O8. The number of amides is 2. The number of methoxy groups -OCH3 is 1. The molecule has 2 amide bonds. The highest BCUT2D eigenvalue weighted by molar-refractivity contribution is 6.09. The molecule has 3 rings (SSSR count). The summed E-state index contributed by atoms with van der Waals surface area (Å²) in [5.41, 5.74) is 1.05. The maximum Gasteiger partial charge on any atom is 0.491 e. The van der Waals surface area contributed by atoms with Gasteiger partial charge in [-0.05, 0) is 42.2 Å². The number of nitrogens with one attached hydrogen (secondary N) is 2. The van der Waals surface area contributed by atoms with Gasteiger partial charge in [-0.15, -0.1) is 0 Å². The molecule has 0 saturated heterocycles. The van der Waals surface area contributed by atoms with Crippen LogP contribution in [0.5, 0.6) is 11.5 Å². The number of Topliss-reactive ketones (excluding diaryl/α,β-unsaturated/α-hetero) is 1. The number of likely N-dealkylation sites (N-methyl/N-ethyl adjacent to an activating group) is 1. The summed E-state index contributed by atoms with van der Waals surface area (Å²) in [5, 5.41) is 11.3. The summed E-state index contributed by atoms with van der Waals surface area (Å²) in [5.74, 6) is -5.67. The molecule has 0 spiro atoms. The number of halogens is 3. The second-order valence-corrected chi connectivity index (χ2v) is 11.4. The molecule has 0 fully saturated rings. The van der Waals surface area contributed by atoms with E-state index in [0.717, 1.165) is 11.9 Å². The van der Waals surface area contributed by atoms with E-state index in [1.165, 1.54) is 31.2 Å². The normalized spacial score (nSPS) is 12.7. The van der Waals surface area contributed by atoms with Gasteiger partial charge >= 0.3 is 18.1 Å². The van der Waals surface area contributed by atoms with Crippen LogP contribution in [-0.2, 0) is 26.3 Å². The zero-order valence-electron chi connectivity index (χ0n) is 26.4. The number of esters is 2. The van der Waals surface area contributed by atoms with Crippen LogP contribution in [0.3, 0.4) is 0 Å². The molecule has 1 aliphatic rings. The first kappa shape index (κ1) is 35.5. The fourth-order valence-corrected chi connectivity index (χ4v) is 4.81. The number of benzene rings is 2. The Kier molecular flexibility index (Phi) is 10.5. The summed E-state index contributed by atoms with van der Waals surface area (Å²) >= 11 is 0. The Morgan fingerprint density at radius 3 is 2.24 bits per heavy atom. The van der Waals surface area contributed by atoms with Crippen LogP contribution in [0.25, 0.3) is 0 Å². The minimum absolute atomic E-state index is 0.00376. The van der Waals surface area contributed by atoms with Crippen molar-refractivity contribution in [3.63, 3.8) is 0 Å². The molecule has 2 N–H and O–H groups in total. The summed E-state index contributed by atoms with van der Waals surface area (Å²) in [6, 6.07) is 5.99. The molecular weight excluding hydrogens is 613 g/mol. The van der Waals surface area contributed by atoms with E-state index in [1.807, 2.05) is 20.8 Å². The van der Waals surface area contributed by atoms with E-state index in [2.05, 4.69) is 10.1 Å². The summed E-state index contributed by atoms with van der Waals surface area (Å²) < 4.78 is 52.5. The van der Waals surface area contributed by atoms with Crippen molar-refractivity contribution in [2.75, 3.05) is 40.9 Å². The van der Waals surface area contributed by atoms with Crippen LogP contribution in [0.15, 0.2) is 24.3 Å². The first-order chi connectivity index (χ1) is 21.3. The summed E-state index contributed by atoms with van der Waals surface area (Å²) in [4.78, 5) is 64.9. The lowest BCUT2D eigenvalue weighted by Crippen LogP contribution is -2.37. The van der Waals surface area contributed by atoms with Crippen LogP contribution in [0.2, 0.25) is 0 Å². The second kappa shape index (κ2) is 13.6. The highest BCUT2D eigenvalue weighted by Gasteiger charge is 2.42. The maximum atomic E-state index is 13.7. The van der Waals surface area contributed by atoms with Gasteiger partial charge in [0, 0.05) is 37.3 Å². The minimum Gasteiger partial charge on any atom is -0.496 e. The van der Waals surface area contributed by atoms with E-state index in [1.54, 1.807) is 19.1 Å². The number of ketones is 1. The average molecular weight is 649 g/mol. The fraction of sp³-hybridized carbons (Fsp3) is 0.419. The van der Waals surface area contributed by atoms with E-state index >= 15 is 0 Å². The van der Waals surface area contributed by atoms with Gasteiger partial charge in [0.2, 0.25) is 0 Å². The van der Waals surface area contributed by atoms with Gasteiger partial charge < -0.3 is 29.3 Å². The molecule has 46 heavy (non-hydrogen) atoms. The molecule has 2 aromatic carbocycles. The number of hydrogen-bond donors (Lipinski definition) is 2. The van der Waals surface area contributed by atoms with Crippen LogP contribution in [0, 0.1) is 5.41 Å². The molecule has 0 unspecified atom stereocenters. The second-order valence-electron chi connectivity index (χ2n) is 11.4. The van der Waals surface area contributed by atoms with E-state index in [4.69, 9.17) is 14.9 Å². The average Bonchev–Trinajstić information content (AvgIpc) is 3.27. The quantitative estimate of drug-likeness (QED) is 0.224. The molecule has 2 aromatic rings. The molecule has 248 valence electrons. The van der Waals surface area contributed by atoms with E-state index in [9.17, 15) is 37.1 Å². The monoisotopic (exact) mass is 648 g/mol. The molecule has 0 radical (unpaired) electrons. The van der Waals surface area contributed by atoms with Crippen LogP contribution < -0.4 is 14.8 Å². The third-order valence-electron chi connectivity index (χ3n) is 7.05. The Morgan fingerprint density at radius 2 is 1.70 bits per heavy atom. The highest BCUT2D eigenvalue weighted by atomic mass is 19.4. The molecule has 1 heterocycles. The zero-order valence-corrected chi connectivity index (χ0v) is 26.4. The van der Waals surface area contributed by atoms with Gasteiger partial charge in [-0.1, -0.05) is 20.8 Å². The predicted molar refractivity (Wildman–Crippen MR) is 158 cm³/mol. The third kappa shape index (κ3) is 7.64. The number of rotatable bonds is 10. The standard InChI is InChI=1S/C31H35F3N4O8/c1-8-45-23-11-17-13-38(26(35)18(17)12-19(23)27(41)36-5)14-22(39)16-9-20(25(44-7)21(10-16)30(2,3)4)28(42)37(6)15-24(40)46-29(43)31(32,33)34/h9-12,35H,8,13-15H2,1-7H3,(H,36,41). The third-order valence-corrected chi connectivity index (χ3v) is 7.05. The number of ether oxygens (including phenoxy) is 3. The largest absolute Gasteiger partial charge is 0.496 e. The lowest BCUT2D eigenvalue weighted by molar-refractivity contribution is -0.201. The van der Waals surface area contributed by atoms with Gasteiger partial charge in [0.25, 0.3) is 11.8 Å². The van der Waals surface area contributed by atoms with Crippen LogP contribution in [0.4, 0.5) is 13.2 Å². The first-order valence-corrected chi connectivity index (χ1v) is 14.0. The number of alkyl halides is 3. The molecule has 0 saturated carbocycles. The Bertz CT molecular complexity index is 1600. The van der Waals surface area contributed by atoms with Gasteiger partial charge in [0.15, 0.2) is 5.78 Å². The molecule has 15 heteroatoms. The number of nitrogens with zero attached hydrogens (tertiary/aromatic N) is 2. The van der Waals surface area contributed by atoms with Crippen molar-refractivity contribution in [1.82, 2.24) is 15.1 Å². The smallest absolute Gasteiger partial charge is 0.491 e. The number of carbonyl (C=O) groups is 5. The number of amidine groups is 1. The minimum atomic E-state index is -5.40. The van der Waals surface area contributed by atoms with Crippen LogP contribution >= 0.6 is 0 Å². The van der Waals surface area contributed by atoms with Gasteiger partial charge in [-0.3, -0.25) is 19.8 Å². The van der Waals surface area contributed by atoms with Gasteiger partial charge in [-0.2, -0.15) is 13.2 Å². The molecule has 0 aliphatic carbocycles. The number of hydrogen-bond acceptors (Lipinski definition) is 9. The van der Waals surface area contributed by atoms with Crippen molar-refractivity contribution < 1.29 is 51.4 Å². The number of fused-ring (bicyclic) bond motifs is 1. The Morgan fingerprint density at radius 1 is 1.04 bits per heavy atom. The van der Waals surface area contributed by atoms with E-state index in [-0.39, 0.29) is 41.4 Å². The van der Waals surface area contributed by atoms with Crippen molar-refractivity contribution in [1.29, 1.82) is 5.41 Å². The summed E-state index contributed by atoms with van der Waals surface area (Å²) in [7, 11) is 3.88. The van der Waals surface area contributed by atoms with Crippen molar-refractivity contribution in [3.05, 3.63) is 57.6 Å². The summed E-state index contributed by atoms with van der Waals surface area (Å²) in [6.07, 6.45) is -5.40. The molecule has 0 atom stereocenters. The van der Waals surface area contributed by atoms with Crippen molar-refractivity contribution in [3.8, 4) is 11.5 Å². The Labute approximate surface area is 263 Å². The topological polar surface area (TPSA) is 155 Å². The van der Waals surface area contributed by atoms with Crippen LogP contribution in [0.1, 0.15) is 75.5 Å². The van der Waals surface area contributed by atoms with Gasteiger partial charge in [-0.25, -0.2) is 9.59 Å². The Hall–Kier alpha value is -4.95. The molecule has 1 aliphatic heterocycles. The first-order valence-electron chi connectivity index (χ1n) is 14.0. The van der Waals surface area contributed by atoms with Gasteiger partial charge in [0.05, 0.1) is 31.4 Å². The zero-order chi connectivity index (χ0) is 34.7.